The SMILES string of the molecule is CC[C@@H](Nc1cc(F)c(C(=O)N[C@@H](Cc2ccc(NC(=O)c3c(Cl)cncc3Cl)c3nccn23)C(=O)O)c(F)c1)C(F)(F)F. The molecular weight excluding hydrogens is 638 g/mol. The molecule has 3 heterocycles. The number of hydrogen-bond donors (Lipinski definition) is 4. The molecule has 4 rings (SSSR count). The summed E-state index contributed by atoms with van der Waals surface area (Å²) in [7, 11) is 0. The highest BCUT2D eigenvalue weighted by molar-refractivity contribution is 6.40. The Hall–Kier alpha value is -4.50. The minimum atomic E-state index is -4.70. The maximum atomic E-state index is 14.7. The van der Waals surface area contributed by atoms with E-state index >= 15 is 0 Å². The third kappa shape index (κ3) is 7.00. The van der Waals surface area contributed by atoms with Crippen LogP contribution < -0.4 is 16.0 Å². The van der Waals surface area contributed by atoms with E-state index in [1.165, 1.54) is 48.2 Å². The summed E-state index contributed by atoms with van der Waals surface area (Å²) in [6.45, 7) is 1.22. The standard InChI is InChI=1S/C27H21Cl2F5N6O4/c1-2-20(27(32,33)34)37-12-7-16(30)22(17(31)8-12)25(42)39-19(26(43)44)9-13-3-4-18(23-36-5-6-40(13)23)38-24(41)21-14(28)10-35-11-15(21)29/h3-8,10-11,19-20,37H,2,9H2,1H3,(H,38,41)(H,39,42)(H,43,44)/t19-,20+/m0/s1. The number of aromatic nitrogens is 3. The van der Waals surface area contributed by atoms with E-state index < -0.39 is 71.8 Å². The first kappa shape index (κ1) is 32.4. The van der Waals surface area contributed by atoms with Gasteiger partial charge < -0.3 is 25.5 Å². The number of carbonyl (C=O) groups excluding carboxylic acids is 2. The van der Waals surface area contributed by atoms with Crippen molar-refractivity contribution in [2.24, 2.45) is 0 Å². The summed E-state index contributed by atoms with van der Waals surface area (Å²) in [6.07, 6.45) is -0.263. The predicted octanol–water partition coefficient (Wildman–Crippen LogP) is 5.75. The molecule has 0 spiro atoms. The third-order valence-corrected chi connectivity index (χ3v) is 6.97. The van der Waals surface area contributed by atoms with Gasteiger partial charge in [-0.2, -0.15) is 13.2 Å². The van der Waals surface area contributed by atoms with Crippen LogP contribution in [0.5, 0.6) is 0 Å². The summed E-state index contributed by atoms with van der Waals surface area (Å²) in [5, 5.41) is 16.4. The Kier molecular flexibility index (Phi) is 9.59. The maximum absolute atomic E-state index is 14.7. The average molecular weight is 659 g/mol. The predicted molar refractivity (Wildman–Crippen MR) is 150 cm³/mol. The van der Waals surface area contributed by atoms with Crippen molar-refractivity contribution in [1.82, 2.24) is 19.7 Å². The van der Waals surface area contributed by atoms with Crippen LogP contribution in [-0.2, 0) is 11.2 Å². The number of fused-ring (bicyclic) bond motifs is 1. The van der Waals surface area contributed by atoms with Gasteiger partial charge in [-0.25, -0.2) is 18.6 Å². The Balaban J connectivity index is 1.55. The summed E-state index contributed by atoms with van der Waals surface area (Å²) in [5.74, 6) is -6.68. The van der Waals surface area contributed by atoms with Gasteiger partial charge in [0, 0.05) is 42.6 Å². The second-order valence-electron chi connectivity index (χ2n) is 9.32. The van der Waals surface area contributed by atoms with E-state index in [9.17, 15) is 41.4 Å². The van der Waals surface area contributed by atoms with Crippen LogP contribution in [0.25, 0.3) is 5.65 Å². The van der Waals surface area contributed by atoms with E-state index in [0.29, 0.717) is 12.1 Å². The van der Waals surface area contributed by atoms with Gasteiger partial charge in [-0.3, -0.25) is 14.6 Å². The monoisotopic (exact) mass is 658 g/mol. The number of nitrogens with zero attached hydrogens (tertiary/aromatic N) is 3. The summed E-state index contributed by atoms with van der Waals surface area (Å²) in [6, 6.07) is 0.0499. The van der Waals surface area contributed by atoms with Crippen molar-refractivity contribution in [3.05, 3.63) is 87.6 Å². The zero-order valence-electron chi connectivity index (χ0n) is 22.3. The lowest BCUT2D eigenvalue weighted by molar-refractivity contribution is -0.143. The van der Waals surface area contributed by atoms with Crippen molar-refractivity contribution < 1.29 is 41.4 Å². The summed E-state index contributed by atoms with van der Waals surface area (Å²) in [5.41, 5.74) is -1.14. The van der Waals surface area contributed by atoms with Crippen LogP contribution in [-0.4, -0.2) is 55.5 Å². The Morgan fingerprint density at radius 1 is 1.02 bits per heavy atom. The molecule has 0 aliphatic rings. The molecule has 0 unspecified atom stereocenters. The lowest BCUT2D eigenvalue weighted by Crippen LogP contribution is -2.43. The van der Waals surface area contributed by atoms with Gasteiger partial charge in [0.05, 0.1) is 21.3 Å². The highest BCUT2D eigenvalue weighted by atomic mass is 35.5. The largest absolute Gasteiger partial charge is 0.480 e. The lowest BCUT2D eigenvalue weighted by atomic mass is 10.1. The molecular formula is C27H21Cl2F5N6O4. The molecule has 44 heavy (non-hydrogen) atoms. The summed E-state index contributed by atoms with van der Waals surface area (Å²) < 4.78 is 70.1. The molecule has 4 N–H and O–H groups in total. The fourth-order valence-electron chi connectivity index (χ4n) is 4.28. The fourth-order valence-corrected chi connectivity index (χ4v) is 4.81. The third-order valence-electron chi connectivity index (χ3n) is 6.39. The number of benzene rings is 1. The van der Waals surface area contributed by atoms with Crippen molar-refractivity contribution in [3.8, 4) is 0 Å². The molecule has 0 saturated carbocycles. The van der Waals surface area contributed by atoms with Gasteiger partial charge in [-0.1, -0.05) is 30.1 Å². The summed E-state index contributed by atoms with van der Waals surface area (Å²) in [4.78, 5) is 45.6. The molecule has 0 fully saturated rings. The van der Waals surface area contributed by atoms with Crippen molar-refractivity contribution in [1.29, 1.82) is 0 Å². The van der Waals surface area contributed by atoms with Crippen LogP contribution in [0.3, 0.4) is 0 Å². The fraction of sp³-hybridized carbons (Fsp3) is 0.222. The van der Waals surface area contributed by atoms with E-state index in [4.69, 9.17) is 23.2 Å². The Morgan fingerprint density at radius 2 is 1.66 bits per heavy atom. The molecule has 1 aromatic carbocycles. The molecule has 17 heteroatoms. The number of alkyl halides is 3. The van der Waals surface area contributed by atoms with E-state index in [1.807, 2.05) is 10.6 Å². The molecule has 2 atom stereocenters. The highest BCUT2D eigenvalue weighted by Crippen LogP contribution is 2.28. The number of rotatable bonds is 10. The molecule has 10 nitrogen and oxygen atoms in total. The summed E-state index contributed by atoms with van der Waals surface area (Å²) >= 11 is 12.1. The number of carboxylic acids is 1. The van der Waals surface area contributed by atoms with E-state index in [1.54, 1.807) is 0 Å². The van der Waals surface area contributed by atoms with Crippen molar-refractivity contribution in [3.63, 3.8) is 0 Å². The normalized spacial score (nSPS) is 12.9. The average Bonchev–Trinajstić information content (AvgIpc) is 3.42. The van der Waals surface area contributed by atoms with E-state index in [2.05, 4.69) is 15.3 Å². The second-order valence-corrected chi connectivity index (χ2v) is 10.1. The molecule has 0 radical (unpaired) electrons. The zero-order chi connectivity index (χ0) is 32.3. The first-order chi connectivity index (χ1) is 20.7. The molecule has 0 saturated heterocycles. The first-order valence-corrected chi connectivity index (χ1v) is 13.4. The van der Waals surface area contributed by atoms with E-state index in [0.717, 1.165) is 0 Å². The number of anilines is 2. The smallest absolute Gasteiger partial charge is 0.408 e. The van der Waals surface area contributed by atoms with Gasteiger partial charge in [-0.15, -0.1) is 0 Å². The number of hydrogen-bond acceptors (Lipinski definition) is 6. The van der Waals surface area contributed by atoms with Crippen molar-refractivity contribution in [2.75, 3.05) is 10.6 Å². The van der Waals surface area contributed by atoms with Gasteiger partial charge in [0.2, 0.25) is 0 Å². The maximum Gasteiger partial charge on any atom is 0.408 e. The number of carboxylic acid groups (broad SMARTS) is 1. The molecule has 3 aromatic heterocycles. The first-order valence-electron chi connectivity index (χ1n) is 12.6. The minimum Gasteiger partial charge on any atom is -0.480 e. The van der Waals surface area contributed by atoms with Gasteiger partial charge >= 0.3 is 12.1 Å². The van der Waals surface area contributed by atoms with Gasteiger partial charge in [0.25, 0.3) is 11.8 Å². The zero-order valence-corrected chi connectivity index (χ0v) is 23.9. The van der Waals surface area contributed by atoms with Crippen LogP contribution >= 0.6 is 23.2 Å². The van der Waals surface area contributed by atoms with Crippen LogP contribution in [0.15, 0.2) is 49.1 Å². The van der Waals surface area contributed by atoms with Crippen molar-refractivity contribution >= 4 is 58.0 Å². The van der Waals surface area contributed by atoms with Crippen LogP contribution in [0.2, 0.25) is 10.0 Å². The number of aliphatic carboxylic acids is 1. The molecule has 2 amide bonds. The Bertz CT molecular complexity index is 1710. The van der Waals surface area contributed by atoms with Crippen LogP contribution in [0.4, 0.5) is 33.3 Å². The molecule has 0 aliphatic heterocycles. The number of nitrogens with one attached hydrogen (secondary N) is 3. The van der Waals surface area contributed by atoms with Gasteiger partial charge in [0.1, 0.15) is 29.3 Å². The Morgan fingerprint density at radius 3 is 2.23 bits per heavy atom. The number of pyridine rings is 2. The second kappa shape index (κ2) is 13.0. The highest BCUT2D eigenvalue weighted by Gasteiger charge is 2.38. The number of halogens is 7. The van der Waals surface area contributed by atoms with Gasteiger partial charge in [-0.05, 0) is 30.7 Å². The lowest BCUT2D eigenvalue weighted by Gasteiger charge is -2.22. The number of imidazole rings is 1. The molecule has 232 valence electrons. The minimum absolute atomic E-state index is 0.00346. The molecule has 4 aromatic rings. The topological polar surface area (TPSA) is 138 Å². The molecule has 0 bridgehead atoms. The van der Waals surface area contributed by atoms with Crippen molar-refractivity contribution in [2.45, 2.75) is 38.0 Å². The van der Waals surface area contributed by atoms with Crippen LogP contribution in [0, 0.1) is 11.6 Å². The molecule has 0 aliphatic carbocycles. The van der Waals surface area contributed by atoms with Crippen LogP contribution in [0.1, 0.15) is 39.8 Å². The Labute approximate surface area is 255 Å². The quantitative estimate of drug-likeness (QED) is 0.159. The number of amides is 2. The van der Waals surface area contributed by atoms with E-state index in [-0.39, 0.29) is 32.6 Å². The van der Waals surface area contributed by atoms with Gasteiger partial charge in [0.15, 0.2) is 5.65 Å². The number of carbonyl (C=O) groups is 3.